The van der Waals surface area contributed by atoms with E-state index in [0.717, 1.165) is 49.3 Å². The zero-order chi connectivity index (χ0) is 21.5. The van der Waals surface area contributed by atoms with Gasteiger partial charge in [-0.25, -0.2) is 4.98 Å². The van der Waals surface area contributed by atoms with E-state index in [1.54, 1.807) is 13.3 Å². The molecule has 1 N–H and O–H groups in total. The summed E-state index contributed by atoms with van der Waals surface area (Å²) in [5.41, 5.74) is 1.71. The predicted octanol–water partition coefficient (Wildman–Crippen LogP) is 3.17. The lowest BCUT2D eigenvalue weighted by Crippen LogP contribution is -2.41. The van der Waals surface area contributed by atoms with Gasteiger partial charge in [-0.15, -0.1) is 0 Å². The summed E-state index contributed by atoms with van der Waals surface area (Å²) in [6, 6.07) is 13.5. The molecular weight excluding hydrogens is 394 g/mol. The minimum Gasteiger partial charge on any atom is -0.385 e. The Morgan fingerprint density at radius 1 is 1.19 bits per heavy atom. The molecule has 2 aromatic heterocycles. The van der Waals surface area contributed by atoms with Crippen LogP contribution in [0.5, 0.6) is 0 Å². The Bertz CT molecular complexity index is 984. The smallest absolute Gasteiger partial charge is 0.261 e. The molecule has 8 heteroatoms. The van der Waals surface area contributed by atoms with Crippen LogP contribution >= 0.6 is 0 Å². The molecule has 0 aliphatic carbocycles. The van der Waals surface area contributed by atoms with Crippen molar-refractivity contribution in [3.05, 3.63) is 48.7 Å². The Morgan fingerprint density at radius 2 is 2.00 bits per heavy atom. The number of pyridine rings is 1. The normalized spacial score (nSPS) is 14.5. The molecule has 1 fully saturated rings. The van der Waals surface area contributed by atoms with Crippen LogP contribution in [0.2, 0.25) is 0 Å². The Hall–Kier alpha value is -3.26. The van der Waals surface area contributed by atoms with E-state index in [0.29, 0.717) is 24.9 Å². The number of aromatic nitrogens is 3. The van der Waals surface area contributed by atoms with Crippen molar-refractivity contribution in [2.24, 2.45) is 5.92 Å². The maximum atomic E-state index is 12.4. The molecule has 4 rings (SSSR count). The van der Waals surface area contributed by atoms with Gasteiger partial charge >= 0.3 is 0 Å². The third-order valence-corrected chi connectivity index (χ3v) is 5.46. The zero-order valence-corrected chi connectivity index (χ0v) is 17.7. The minimum absolute atomic E-state index is 0.0269. The first-order valence-electron chi connectivity index (χ1n) is 10.6. The van der Waals surface area contributed by atoms with Gasteiger partial charge < -0.3 is 19.5 Å². The van der Waals surface area contributed by atoms with Gasteiger partial charge in [-0.1, -0.05) is 35.5 Å². The van der Waals surface area contributed by atoms with E-state index in [9.17, 15) is 4.79 Å². The first-order chi connectivity index (χ1) is 15.3. The first-order valence-corrected chi connectivity index (χ1v) is 10.6. The third-order valence-electron chi connectivity index (χ3n) is 5.46. The molecule has 1 saturated heterocycles. The summed E-state index contributed by atoms with van der Waals surface area (Å²) in [7, 11) is 1.67. The van der Waals surface area contributed by atoms with E-state index in [-0.39, 0.29) is 11.8 Å². The molecule has 0 atom stereocenters. The van der Waals surface area contributed by atoms with E-state index in [1.165, 1.54) is 0 Å². The van der Waals surface area contributed by atoms with Crippen LogP contribution in [-0.2, 0) is 9.53 Å². The van der Waals surface area contributed by atoms with Crippen molar-refractivity contribution in [3.8, 4) is 22.8 Å². The third kappa shape index (κ3) is 5.08. The molecule has 1 aliphatic rings. The Kier molecular flexibility index (Phi) is 6.89. The molecule has 1 aliphatic heterocycles. The molecule has 1 aromatic carbocycles. The Labute approximate surface area is 181 Å². The van der Waals surface area contributed by atoms with Gasteiger partial charge in [-0.2, -0.15) is 4.98 Å². The van der Waals surface area contributed by atoms with Gasteiger partial charge in [-0.3, -0.25) is 4.79 Å². The van der Waals surface area contributed by atoms with Gasteiger partial charge in [0.15, 0.2) is 0 Å². The lowest BCUT2D eigenvalue weighted by Gasteiger charge is -2.32. The fraction of sp³-hybridized carbons (Fsp3) is 0.391. The van der Waals surface area contributed by atoms with Gasteiger partial charge in [0, 0.05) is 51.0 Å². The van der Waals surface area contributed by atoms with Crippen molar-refractivity contribution in [1.82, 2.24) is 20.4 Å². The highest BCUT2D eigenvalue weighted by Crippen LogP contribution is 2.31. The van der Waals surface area contributed by atoms with Crippen molar-refractivity contribution in [1.29, 1.82) is 0 Å². The summed E-state index contributed by atoms with van der Waals surface area (Å²) in [6.07, 6.45) is 4.16. The standard InChI is InChI=1S/C23H27N5O3/c1-30-16-6-13-25-22(29)18-10-14-28(15-11-18)21-19(9-5-12-24-21)23-26-20(27-31-23)17-7-3-2-4-8-17/h2-5,7-9,12,18H,6,10-11,13-16H2,1H3,(H,25,29). The highest BCUT2D eigenvalue weighted by atomic mass is 16.5. The van der Waals surface area contributed by atoms with Crippen molar-refractivity contribution < 1.29 is 14.1 Å². The second-order valence-electron chi connectivity index (χ2n) is 7.56. The molecule has 0 radical (unpaired) electrons. The van der Waals surface area contributed by atoms with E-state index in [1.807, 2.05) is 42.5 Å². The Morgan fingerprint density at radius 3 is 2.77 bits per heavy atom. The van der Waals surface area contributed by atoms with Crippen LogP contribution < -0.4 is 10.2 Å². The summed E-state index contributed by atoms with van der Waals surface area (Å²) in [4.78, 5) is 23.8. The van der Waals surface area contributed by atoms with Crippen molar-refractivity contribution in [2.45, 2.75) is 19.3 Å². The van der Waals surface area contributed by atoms with Crippen LogP contribution in [0.15, 0.2) is 53.2 Å². The number of carbonyl (C=O) groups excluding carboxylic acids is 1. The van der Waals surface area contributed by atoms with Crippen LogP contribution in [-0.4, -0.2) is 54.4 Å². The van der Waals surface area contributed by atoms with Crippen LogP contribution in [0.1, 0.15) is 19.3 Å². The number of hydrogen-bond donors (Lipinski definition) is 1. The number of ether oxygens (including phenoxy) is 1. The molecular formula is C23H27N5O3. The first kappa shape index (κ1) is 21.0. The number of nitrogens with one attached hydrogen (secondary N) is 1. The number of amides is 1. The fourth-order valence-electron chi connectivity index (χ4n) is 3.78. The van der Waals surface area contributed by atoms with Crippen molar-refractivity contribution >= 4 is 11.7 Å². The highest BCUT2D eigenvalue weighted by molar-refractivity contribution is 5.79. The SMILES string of the molecule is COCCCNC(=O)C1CCN(c2ncccc2-c2nc(-c3ccccc3)no2)CC1. The van der Waals surface area contributed by atoms with Crippen LogP contribution in [0.3, 0.4) is 0 Å². The van der Waals surface area contributed by atoms with E-state index in [2.05, 4.69) is 25.3 Å². The second-order valence-corrected chi connectivity index (χ2v) is 7.56. The number of nitrogens with zero attached hydrogens (tertiary/aromatic N) is 4. The number of rotatable bonds is 8. The lowest BCUT2D eigenvalue weighted by molar-refractivity contribution is -0.125. The van der Waals surface area contributed by atoms with E-state index < -0.39 is 0 Å². The van der Waals surface area contributed by atoms with Gasteiger partial charge in [0.05, 0.1) is 5.56 Å². The van der Waals surface area contributed by atoms with Gasteiger partial charge in [0.1, 0.15) is 5.82 Å². The van der Waals surface area contributed by atoms with Gasteiger partial charge in [0.25, 0.3) is 5.89 Å². The molecule has 0 unspecified atom stereocenters. The van der Waals surface area contributed by atoms with Gasteiger partial charge in [0.2, 0.25) is 11.7 Å². The van der Waals surface area contributed by atoms with E-state index >= 15 is 0 Å². The molecule has 0 spiro atoms. The second kappa shape index (κ2) is 10.2. The molecule has 3 aromatic rings. The quantitative estimate of drug-likeness (QED) is 0.558. The van der Waals surface area contributed by atoms with Crippen molar-refractivity contribution in [3.63, 3.8) is 0 Å². The maximum Gasteiger partial charge on any atom is 0.261 e. The molecule has 0 saturated carbocycles. The van der Waals surface area contributed by atoms with E-state index in [4.69, 9.17) is 9.26 Å². The van der Waals surface area contributed by atoms with Gasteiger partial charge in [-0.05, 0) is 31.4 Å². The number of carbonyl (C=O) groups is 1. The summed E-state index contributed by atoms with van der Waals surface area (Å²) in [5, 5.41) is 7.14. The highest BCUT2D eigenvalue weighted by Gasteiger charge is 2.27. The number of benzene rings is 1. The Balaban J connectivity index is 1.42. The monoisotopic (exact) mass is 421 g/mol. The molecule has 31 heavy (non-hydrogen) atoms. The van der Waals surface area contributed by atoms with Crippen molar-refractivity contribution in [2.75, 3.05) is 38.3 Å². The molecule has 1 amide bonds. The van der Waals surface area contributed by atoms with Crippen LogP contribution in [0, 0.1) is 5.92 Å². The van der Waals surface area contributed by atoms with Crippen LogP contribution in [0.25, 0.3) is 22.8 Å². The average molecular weight is 422 g/mol. The number of hydrogen-bond acceptors (Lipinski definition) is 7. The summed E-state index contributed by atoms with van der Waals surface area (Å²) in [5.74, 6) is 1.96. The molecule has 0 bridgehead atoms. The number of anilines is 1. The summed E-state index contributed by atoms with van der Waals surface area (Å²) in [6.45, 7) is 2.81. The predicted molar refractivity (Wildman–Crippen MR) is 117 cm³/mol. The summed E-state index contributed by atoms with van der Waals surface area (Å²) >= 11 is 0. The zero-order valence-electron chi connectivity index (χ0n) is 17.7. The van der Waals surface area contributed by atoms with Crippen LogP contribution in [0.4, 0.5) is 5.82 Å². The average Bonchev–Trinajstić information content (AvgIpc) is 3.33. The molecule has 8 nitrogen and oxygen atoms in total. The lowest BCUT2D eigenvalue weighted by atomic mass is 9.95. The fourth-order valence-corrected chi connectivity index (χ4v) is 3.78. The maximum absolute atomic E-state index is 12.4. The number of piperidine rings is 1. The minimum atomic E-state index is 0.0269. The summed E-state index contributed by atoms with van der Waals surface area (Å²) < 4.78 is 10.6. The topological polar surface area (TPSA) is 93.4 Å². The molecule has 3 heterocycles. The molecule has 162 valence electrons. The largest absolute Gasteiger partial charge is 0.385 e. The number of methoxy groups -OCH3 is 1.